The van der Waals surface area contributed by atoms with Gasteiger partial charge in [-0.05, 0) is 45.1 Å². The smallest absolute Gasteiger partial charge is 0.190 e. The average Bonchev–Trinajstić information content (AvgIpc) is 2.43. The maximum Gasteiger partial charge on any atom is 0.190 e. The summed E-state index contributed by atoms with van der Waals surface area (Å²) in [7, 11) is 1.87. The average molecular weight is 301 g/mol. The van der Waals surface area contributed by atoms with Gasteiger partial charge in [-0.2, -0.15) is 0 Å². The molecule has 5 nitrogen and oxygen atoms in total. The molecule has 0 aliphatic rings. The second kappa shape index (κ2) is 6.05. The van der Waals surface area contributed by atoms with Gasteiger partial charge in [0.15, 0.2) is 10.9 Å². The van der Waals surface area contributed by atoms with Gasteiger partial charge in [-0.25, -0.2) is 9.99 Å². The van der Waals surface area contributed by atoms with E-state index in [1.54, 1.807) is 11.2 Å². The van der Waals surface area contributed by atoms with Crippen molar-refractivity contribution in [1.29, 1.82) is 0 Å². The Hall–Kier alpha value is -2.21. The molecule has 0 saturated carbocycles. The first-order valence-electron chi connectivity index (χ1n) is 6.60. The molecular formula is C15H19N5S. The van der Waals surface area contributed by atoms with Crippen LogP contribution in [0.4, 0.5) is 11.5 Å². The third-order valence-electron chi connectivity index (χ3n) is 3.14. The van der Waals surface area contributed by atoms with E-state index >= 15 is 0 Å². The maximum absolute atomic E-state index is 5.90. The molecule has 2 aromatic rings. The number of nitrogens with two attached hydrogens (primary N) is 1. The van der Waals surface area contributed by atoms with Crippen molar-refractivity contribution < 1.29 is 0 Å². The Kier molecular flexibility index (Phi) is 4.37. The third kappa shape index (κ3) is 3.28. The van der Waals surface area contributed by atoms with Crippen molar-refractivity contribution in [3.05, 3.63) is 47.4 Å². The molecule has 2 N–H and O–H groups in total. The van der Waals surface area contributed by atoms with E-state index in [4.69, 9.17) is 18.0 Å². The molecule has 6 heteroatoms. The van der Waals surface area contributed by atoms with Crippen LogP contribution >= 0.6 is 12.2 Å². The van der Waals surface area contributed by atoms with Gasteiger partial charge >= 0.3 is 0 Å². The molecule has 1 heterocycles. The minimum atomic E-state index is 0.254. The Bertz CT molecular complexity index is 654. The van der Waals surface area contributed by atoms with E-state index in [0.717, 1.165) is 22.9 Å². The minimum Gasteiger partial charge on any atom is -0.374 e. The molecule has 0 unspecified atom stereocenters. The quantitative estimate of drug-likeness (QED) is 0.694. The van der Waals surface area contributed by atoms with Gasteiger partial charge in [-0.15, -0.1) is 0 Å². The summed E-state index contributed by atoms with van der Waals surface area (Å²) in [5, 5.41) is 3.82. The normalized spacial score (nSPS) is 10.3. The highest BCUT2D eigenvalue weighted by molar-refractivity contribution is 7.80. The zero-order valence-corrected chi connectivity index (χ0v) is 13.5. The van der Waals surface area contributed by atoms with E-state index in [2.05, 4.69) is 9.97 Å². The summed E-state index contributed by atoms with van der Waals surface area (Å²) in [4.78, 5) is 8.86. The van der Waals surface area contributed by atoms with Crippen LogP contribution in [-0.2, 0) is 0 Å². The first-order valence-corrected chi connectivity index (χ1v) is 7.01. The fourth-order valence-electron chi connectivity index (χ4n) is 2.06. The summed E-state index contributed by atoms with van der Waals surface area (Å²) < 4.78 is 0. The first-order chi connectivity index (χ1) is 9.90. The lowest BCUT2D eigenvalue weighted by molar-refractivity contribution is 0.899. The van der Waals surface area contributed by atoms with Crippen molar-refractivity contribution in [2.24, 2.45) is 5.73 Å². The number of thiocarbonyl (C=S) groups is 1. The number of benzene rings is 1. The molecule has 110 valence electrons. The maximum atomic E-state index is 5.90. The van der Waals surface area contributed by atoms with Crippen LogP contribution in [-0.4, -0.2) is 22.1 Å². The van der Waals surface area contributed by atoms with Crippen LogP contribution in [0.5, 0.6) is 0 Å². The van der Waals surface area contributed by atoms with Crippen LogP contribution < -0.4 is 15.8 Å². The van der Waals surface area contributed by atoms with Crippen LogP contribution in [0.25, 0.3) is 0 Å². The molecule has 0 atom stereocenters. The molecule has 2 rings (SSSR count). The van der Waals surface area contributed by atoms with E-state index in [1.807, 2.05) is 57.1 Å². The summed E-state index contributed by atoms with van der Waals surface area (Å²) >= 11 is 5.20. The number of hydrazine groups is 1. The molecule has 0 radical (unpaired) electrons. The van der Waals surface area contributed by atoms with Crippen molar-refractivity contribution in [3.63, 3.8) is 0 Å². The monoisotopic (exact) mass is 301 g/mol. The molecule has 1 aromatic carbocycles. The van der Waals surface area contributed by atoms with Gasteiger partial charge in [0.1, 0.15) is 0 Å². The number of nitrogens with zero attached hydrogens (tertiary/aromatic N) is 4. The fraction of sp³-hybridized carbons (Fsp3) is 0.267. The van der Waals surface area contributed by atoms with Crippen LogP contribution in [0.1, 0.15) is 17.0 Å². The second-order valence-electron chi connectivity index (χ2n) is 4.93. The van der Waals surface area contributed by atoms with Gasteiger partial charge in [0.2, 0.25) is 0 Å². The molecule has 21 heavy (non-hydrogen) atoms. The van der Waals surface area contributed by atoms with Gasteiger partial charge in [0.25, 0.3) is 0 Å². The van der Waals surface area contributed by atoms with Crippen LogP contribution in [0.2, 0.25) is 0 Å². The number of aryl methyl sites for hydroxylation is 3. The van der Waals surface area contributed by atoms with Crippen LogP contribution in [0.3, 0.4) is 0 Å². The number of anilines is 2. The highest BCUT2D eigenvalue weighted by Gasteiger charge is 2.19. The van der Waals surface area contributed by atoms with E-state index < -0.39 is 0 Å². The SMILES string of the molecule is Cc1ccc(N(C(N)=S)N(C)c2nc(C)cnc2C)cc1. The second-order valence-corrected chi connectivity index (χ2v) is 5.35. The molecular weight excluding hydrogens is 282 g/mol. The number of rotatable bonds is 3. The van der Waals surface area contributed by atoms with Crippen LogP contribution in [0.15, 0.2) is 30.5 Å². The Morgan fingerprint density at radius 3 is 2.33 bits per heavy atom. The van der Waals surface area contributed by atoms with Crippen LogP contribution in [0, 0.1) is 20.8 Å². The Morgan fingerprint density at radius 1 is 1.14 bits per heavy atom. The first kappa shape index (κ1) is 15.2. The van der Waals surface area contributed by atoms with Crippen molar-refractivity contribution in [1.82, 2.24) is 9.97 Å². The molecule has 0 bridgehead atoms. The molecule has 0 amide bonds. The van der Waals surface area contributed by atoms with Crippen molar-refractivity contribution >= 4 is 28.8 Å². The van der Waals surface area contributed by atoms with Gasteiger partial charge in [0.05, 0.1) is 17.1 Å². The lowest BCUT2D eigenvalue weighted by Crippen LogP contribution is -2.48. The Balaban J connectivity index is 2.45. The van der Waals surface area contributed by atoms with Crippen molar-refractivity contribution in [2.75, 3.05) is 17.1 Å². The molecule has 0 saturated heterocycles. The lowest BCUT2D eigenvalue weighted by Gasteiger charge is -2.33. The van der Waals surface area contributed by atoms with Gasteiger partial charge in [0, 0.05) is 13.2 Å². The summed E-state index contributed by atoms with van der Waals surface area (Å²) in [5.41, 5.74) is 9.62. The van der Waals surface area contributed by atoms with Crippen molar-refractivity contribution in [3.8, 4) is 0 Å². The Morgan fingerprint density at radius 2 is 1.76 bits per heavy atom. The minimum absolute atomic E-state index is 0.254. The predicted octanol–water partition coefficient (Wildman–Crippen LogP) is 2.50. The topological polar surface area (TPSA) is 58.3 Å². The molecule has 0 spiro atoms. The largest absolute Gasteiger partial charge is 0.374 e. The molecule has 1 aromatic heterocycles. The predicted molar refractivity (Wildman–Crippen MR) is 90.4 cm³/mol. The van der Waals surface area contributed by atoms with E-state index in [1.165, 1.54) is 5.56 Å². The van der Waals surface area contributed by atoms with Gasteiger partial charge < -0.3 is 5.73 Å². The standard InChI is InChI=1S/C15H19N5S/c1-10-5-7-13(8-6-10)20(15(16)21)19(4)14-12(3)17-9-11(2)18-14/h5-9H,1-4H3,(H2,16,21). The third-order valence-corrected chi connectivity index (χ3v) is 3.32. The number of hydrogen-bond acceptors (Lipinski definition) is 4. The van der Waals surface area contributed by atoms with Gasteiger partial charge in [-0.3, -0.25) is 9.99 Å². The zero-order chi connectivity index (χ0) is 15.6. The Labute approximate surface area is 130 Å². The summed E-state index contributed by atoms with van der Waals surface area (Å²) in [6.07, 6.45) is 1.74. The highest BCUT2D eigenvalue weighted by atomic mass is 32.1. The van der Waals surface area contributed by atoms with E-state index in [0.29, 0.717) is 0 Å². The van der Waals surface area contributed by atoms with E-state index in [9.17, 15) is 0 Å². The van der Waals surface area contributed by atoms with Crippen molar-refractivity contribution in [2.45, 2.75) is 20.8 Å². The molecule has 0 aliphatic carbocycles. The lowest BCUT2D eigenvalue weighted by atomic mass is 10.2. The number of aromatic nitrogens is 2. The highest BCUT2D eigenvalue weighted by Crippen LogP contribution is 2.22. The van der Waals surface area contributed by atoms with Gasteiger partial charge in [-0.1, -0.05) is 17.7 Å². The number of hydrogen-bond donors (Lipinski definition) is 1. The summed E-state index contributed by atoms with van der Waals surface area (Å²) in [5.74, 6) is 0.725. The summed E-state index contributed by atoms with van der Waals surface area (Å²) in [6, 6.07) is 7.99. The summed E-state index contributed by atoms with van der Waals surface area (Å²) in [6.45, 7) is 5.85. The zero-order valence-electron chi connectivity index (χ0n) is 12.7. The molecule has 0 fully saturated rings. The van der Waals surface area contributed by atoms with E-state index in [-0.39, 0.29) is 5.11 Å². The fourth-order valence-corrected chi connectivity index (χ4v) is 2.29. The molecule has 0 aliphatic heterocycles.